The minimum atomic E-state index is 0.693. The Morgan fingerprint density at radius 3 is 3.00 bits per heavy atom. The molecule has 0 spiro atoms. The SMILES string of the molecule is Clc1[c]ccc(CCBr)c1. The first-order valence-corrected chi connectivity index (χ1v) is 4.55. The number of hydrogen-bond donors (Lipinski definition) is 0. The lowest BCUT2D eigenvalue weighted by Gasteiger charge is -1.95. The predicted octanol–water partition coefficient (Wildman–Crippen LogP) is 3.08. The quantitative estimate of drug-likeness (QED) is 0.669. The number of hydrogen-bond acceptors (Lipinski definition) is 0. The van der Waals surface area contributed by atoms with Gasteiger partial charge < -0.3 is 0 Å². The molecule has 0 aliphatic heterocycles. The van der Waals surface area contributed by atoms with Gasteiger partial charge in [0.25, 0.3) is 0 Å². The lowest BCUT2D eigenvalue weighted by Crippen LogP contribution is -1.83. The fraction of sp³-hybridized carbons (Fsp3) is 0.250. The van der Waals surface area contributed by atoms with E-state index in [1.807, 2.05) is 18.2 Å². The maximum Gasteiger partial charge on any atom is 0.0487 e. The van der Waals surface area contributed by atoms with E-state index in [4.69, 9.17) is 11.6 Å². The molecule has 0 fully saturated rings. The molecule has 53 valence electrons. The van der Waals surface area contributed by atoms with Crippen LogP contribution in [0.4, 0.5) is 0 Å². The van der Waals surface area contributed by atoms with E-state index in [-0.39, 0.29) is 0 Å². The zero-order chi connectivity index (χ0) is 7.40. The van der Waals surface area contributed by atoms with Gasteiger partial charge in [-0.3, -0.25) is 0 Å². The fourth-order valence-electron chi connectivity index (χ4n) is 0.745. The van der Waals surface area contributed by atoms with Gasteiger partial charge in [0.2, 0.25) is 0 Å². The van der Waals surface area contributed by atoms with Crippen molar-refractivity contribution in [1.82, 2.24) is 0 Å². The summed E-state index contributed by atoms with van der Waals surface area (Å²) in [6.07, 6.45) is 1.02. The molecule has 0 amide bonds. The van der Waals surface area contributed by atoms with Crippen LogP contribution in [-0.2, 0) is 6.42 Å². The van der Waals surface area contributed by atoms with Crippen LogP contribution in [-0.4, -0.2) is 5.33 Å². The summed E-state index contributed by atoms with van der Waals surface area (Å²) in [6, 6.07) is 8.68. The molecule has 0 aliphatic rings. The number of halogens is 2. The Hall–Kier alpha value is -0.0100. The van der Waals surface area contributed by atoms with Gasteiger partial charge in [0, 0.05) is 16.4 Å². The summed E-state index contributed by atoms with van der Waals surface area (Å²) in [6.45, 7) is 0. The Balaban J connectivity index is 2.75. The highest BCUT2D eigenvalue weighted by Crippen LogP contribution is 2.10. The fourth-order valence-corrected chi connectivity index (χ4v) is 1.41. The first kappa shape index (κ1) is 8.09. The first-order chi connectivity index (χ1) is 4.83. The highest BCUT2D eigenvalue weighted by atomic mass is 79.9. The molecule has 1 radical (unpaired) electrons. The van der Waals surface area contributed by atoms with Crippen LogP contribution in [0.1, 0.15) is 5.56 Å². The van der Waals surface area contributed by atoms with Crippen molar-refractivity contribution in [2.45, 2.75) is 6.42 Å². The zero-order valence-electron chi connectivity index (χ0n) is 5.40. The average molecular weight is 219 g/mol. The van der Waals surface area contributed by atoms with Crippen molar-refractivity contribution < 1.29 is 0 Å². The summed E-state index contributed by atoms with van der Waals surface area (Å²) in [5.41, 5.74) is 1.25. The molecule has 1 rings (SSSR count). The normalized spacial score (nSPS) is 9.80. The summed E-state index contributed by atoms with van der Waals surface area (Å²) >= 11 is 9.07. The van der Waals surface area contributed by atoms with Gasteiger partial charge in [0.1, 0.15) is 0 Å². The third-order valence-electron chi connectivity index (χ3n) is 1.21. The van der Waals surface area contributed by atoms with E-state index in [0.29, 0.717) is 5.02 Å². The molecule has 10 heavy (non-hydrogen) atoms. The maximum absolute atomic E-state index is 5.71. The summed E-state index contributed by atoms with van der Waals surface area (Å²) in [7, 11) is 0. The minimum absolute atomic E-state index is 0.693. The smallest absolute Gasteiger partial charge is 0.0487 e. The number of alkyl halides is 1. The molecule has 0 aliphatic carbocycles. The second kappa shape index (κ2) is 3.99. The van der Waals surface area contributed by atoms with Crippen LogP contribution in [0.25, 0.3) is 0 Å². The molecule has 0 saturated carbocycles. The van der Waals surface area contributed by atoms with Crippen molar-refractivity contribution in [2.24, 2.45) is 0 Å². The van der Waals surface area contributed by atoms with Crippen LogP contribution in [0.5, 0.6) is 0 Å². The lowest BCUT2D eigenvalue weighted by molar-refractivity contribution is 1.17. The van der Waals surface area contributed by atoms with Gasteiger partial charge in [-0.2, -0.15) is 0 Å². The monoisotopic (exact) mass is 217 g/mol. The molecule has 0 bridgehead atoms. The maximum atomic E-state index is 5.71. The van der Waals surface area contributed by atoms with Crippen molar-refractivity contribution >= 4 is 27.5 Å². The zero-order valence-corrected chi connectivity index (χ0v) is 7.74. The van der Waals surface area contributed by atoms with Crippen LogP contribution in [0.3, 0.4) is 0 Å². The summed E-state index contributed by atoms with van der Waals surface area (Å²) in [5, 5.41) is 1.67. The number of benzene rings is 1. The van der Waals surface area contributed by atoms with Gasteiger partial charge in [-0.1, -0.05) is 39.7 Å². The topological polar surface area (TPSA) is 0 Å². The van der Waals surface area contributed by atoms with E-state index < -0.39 is 0 Å². The molecular formula is C8H7BrCl. The molecule has 0 unspecified atom stereocenters. The van der Waals surface area contributed by atoms with Crippen LogP contribution >= 0.6 is 27.5 Å². The van der Waals surface area contributed by atoms with Crippen molar-refractivity contribution in [3.8, 4) is 0 Å². The minimum Gasteiger partial charge on any atom is -0.0924 e. The standard InChI is InChI=1S/C8H7BrCl/c9-5-4-7-2-1-3-8(10)6-7/h1-2,6H,4-5H2. The Kier molecular flexibility index (Phi) is 3.23. The molecule has 0 nitrogen and oxygen atoms in total. The lowest BCUT2D eigenvalue weighted by atomic mass is 10.2. The largest absolute Gasteiger partial charge is 0.0924 e. The first-order valence-electron chi connectivity index (χ1n) is 3.05. The van der Waals surface area contributed by atoms with Crippen LogP contribution in [0, 0.1) is 6.07 Å². The molecule has 0 heterocycles. The van der Waals surface area contributed by atoms with Crippen LogP contribution in [0.2, 0.25) is 5.02 Å². The van der Waals surface area contributed by atoms with Gasteiger partial charge in [-0.25, -0.2) is 0 Å². The van der Waals surface area contributed by atoms with E-state index in [1.54, 1.807) is 0 Å². The van der Waals surface area contributed by atoms with Gasteiger partial charge >= 0.3 is 0 Å². The van der Waals surface area contributed by atoms with E-state index >= 15 is 0 Å². The molecule has 0 saturated heterocycles. The Morgan fingerprint density at radius 2 is 2.40 bits per heavy atom. The average Bonchev–Trinajstić information content (AvgIpc) is 1.88. The highest BCUT2D eigenvalue weighted by Gasteiger charge is 1.91. The van der Waals surface area contributed by atoms with E-state index in [0.717, 1.165) is 11.8 Å². The molecule has 2 heteroatoms. The van der Waals surface area contributed by atoms with Gasteiger partial charge in [0.05, 0.1) is 0 Å². The number of aryl methyl sites for hydroxylation is 1. The molecule has 0 aromatic heterocycles. The Bertz CT molecular complexity index is 210. The Morgan fingerprint density at radius 1 is 1.60 bits per heavy atom. The van der Waals surface area contributed by atoms with Crippen LogP contribution < -0.4 is 0 Å². The molecular weight excluding hydrogens is 211 g/mol. The second-order valence-corrected chi connectivity index (χ2v) is 3.18. The second-order valence-electron chi connectivity index (χ2n) is 1.98. The summed E-state index contributed by atoms with van der Waals surface area (Å²) < 4.78 is 0. The summed E-state index contributed by atoms with van der Waals surface area (Å²) in [4.78, 5) is 0. The van der Waals surface area contributed by atoms with Crippen molar-refractivity contribution in [1.29, 1.82) is 0 Å². The van der Waals surface area contributed by atoms with E-state index in [2.05, 4.69) is 22.0 Å². The van der Waals surface area contributed by atoms with Gasteiger partial charge in [-0.15, -0.1) is 0 Å². The van der Waals surface area contributed by atoms with Crippen molar-refractivity contribution in [3.05, 3.63) is 34.9 Å². The molecule has 0 atom stereocenters. The third-order valence-corrected chi connectivity index (χ3v) is 1.83. The predicted molar refractivity (Wildman–Crippen MR) is 47.8 cm³/mol. The van der Waals surface area contributed by atoms with Crippen molar-refractivity contribution in [3.63, 3.8) is 0 Å². The van der Waals surface area contributed by atoms with Crippen LogP contribution in [0.15, 0.2) is 18.2 Å². The van der Waals surface area contributed by atoms with E-state index in [1.165, 1.54) is 5.56 Å². The van der Waals surface area contributed by atoms with Gasteiger partial charge in [0.15, 0.2) is 0 Å². The third kappa shape index (κ3) is 2.31. The van der Waals surface area contributed by atoms with Crippen molar-refractivity contribution in [2.75, 3.05) is 5.33 Å². The van der Waals surface area contributed by atoms with E-state index in [9.17, 15) is 0 Å². The molecule has 1 aromatic rings. The highest BCUT2D eigenvalue weighted by molar-refractivity contribution is 9.09. The number of rotatable bonds is 2. The Labute approximate surface area is 74.3 Å². The summed E-state index contributed by atoms with van der Waals surface area (Å²) in [5.74, 6) is 0. The van der Waals surface area contributed by atoms with Gasteiger partial charge in [-0.05, 0) is 18.1 Å². The molecule has 0 N–H and O–H groups in total. The molecule has 1 aromatic carbocycles.